The quantitative estimate of drug-likeness (QED) is 0.588. The molecule has 4 nitrogen and oxygen atoms in total. The van der Waals surface area contributed by atoms with Gasteiger partial charge in [0.1, 0.15) is 0 Å². The largest absolute Gasteiger partial charge is 0.240 e. The minimum Gasteiger partial charge on any atom is -0.211 e. The summed E-state index contributed by atoms with van der Waals surface area (Å²) in [5, 5.41) is 0. The Bertz CT molecular complexity index is 754. The monoisotopic (exact) mass is 308 g/mol. The number of carbonyl (C=O) groups excluding carboxylic acids is 2. The Hall–Kier alpha value is -2.80. The minimum atomic E-state index is 0.387. The van der Waals surface area contributed by atoms with Gasteiger partial charge >= 0.3 is 0 Å². The molecule has 0 aromatic heterocycles. The van der Waals surface area contributed by atoms with Gasteiger partial charge in [0.15, 0.2) is 0 Å². The molecule has 2 aromatic rings. The number of aliphatic imine (C=N–C) groups is 2. The van der Waals surface area contributed by atoms with Crippen LogP contribution in [0.15, 0.2) is 52.4 Å². The van der Waals surface area contributed by atoms with E-state index in [9.17, 15) is 9.59 Å². The van der Waals surface area contributed by atoms with E-state index in [4.69, 9.17) is 0 Å². The van der Waals surface area contributed by atoms with Crippen LogP contribution in [0.2, 0.25) is 0 Å². The maximum absolute atomic E-state index is 10.1. The SMILES string of the molecule is CC(C)c1ccccc1N=C=O.Cc1cccc(N=C=O)c1C. The molecule has 0 atom stereocenters. The van der Waals surface area contributed by atoms with Gasteiger partial charge in [-0.2, -0.15) is 9.98 Å². The molecule has 0 fully saturated rings. The number of isocyanates is 2. The van der Waals surface area contributed by atoms with Crippen molar-refractivity contribution in [3.8, 4) is 0 Å². The lowest BCUT2D eigenvalue weighted by atomic mass is 10.0. The molecule has 2 rings (SSSR count). The summed E-state index contributed by atoms with van der Waals surface area (Å²) in [6, 6.07) is 13.3. The molecule has 23 heavy (non-hydrogen) atoms. The maximum Gasteiger partial charge on any atom is 0.240 e. The number of rotatable bonds is 3. The lowest BCUT2D eigenvalue weighted by Gasteiger charge is -2.06. The van der Waals surface area contributed by atoms with Crippen molar-refractivity contribution in [2.45, 2.75) is 33.6 Å². The number of para-hydroxylation sites is 1. The summed E-state index contributed by atoms with van der Waals surface area (Å²) < 4.78 is 0. The van der Waals surface area contributed by atoms with Gasteiger partial charge in [0.2, 0.25) is 12.2 Å². The molecule has 0 saturated carbocycles. The van der Waals surface area contributed by atoms with E-state index in [2.05, 4.69) is 23.8 Å². The highest BCUT2D eigenvalue weighted by molar-refractivity contribution is 5.55. The first kappa shape index (κ1) is 18.2. The van der Waals surface area contributed by atoms with Gasteiger partial charge in [-0.15, -0.1) is 0 Å². The van der Waals surface area contributed by atoms with Gasteiger partial charge in [0.05, 0.1) is 11.4 Å². The zero-order valence-corrected chi connectivity index (χ0v) is 13.8. The molecule has 0 radical (unpaired) electrons. The van der Waals surface area contributed by atoms with Crippen molar-refractivity contribution in [3.05, 3.63) is 59.2 Å². The van der Waals surface area contributed by atoms with Crippen LogP contribution in [0.1, 0.15) is 36.5 Å². The Morgan fingerprint density at radius 1 is 0.826 bits per heavy atom. The first-order chi connectivity index (χ1) is 11.0. The van der Waals surface area contributed by atoms with Crippen LogP contribution in [0.25, 0.3) is 0 Å². The van der Waals surface area contributed by atoms with Crippen LogP contribution in [0.3, 0.4) is 0 Å². The zero-order chi connectivity index (χ0) is 17.2. The average molecular weight is 308 g/mol. The number of hydrogen-bond acceptors (Lipinski definition) is 4. The van der Waals surface area contributed by atoms with Crippen molar-refractivity contribution in [2.75, 3.05) is 0 Å². The fourth-order valence-corrected chi connectivity index (χ4v) is 2.03. The molecule has 0 spiro atoms. The predicted octanol–water partition coefficient (Wildman–Crippen LogP) is 5.05. The van der Waals surface area contributed by atoms with Gasteiger partial charge in [0.25, 0.3) is 0 Å². The van der Waals surface area contributed by atoms with Crippen molar-refractivity contribution in [2.24, 2.45) is 9.98 Å². The lowest BCUT2D eigenvalue weighted by molar-refractivity contribution is 0.564. The summed E-state index contributed by atoms with van der Waals surface area (Å²) in [4.78, 5) is 27.2. The summed E-state index contributed by atoms with van der Waals surface area (Å²) in [6.45, 7) is 8.06. The van der Waals surface area contributed by atoms with Crippen LogP contribution >= 0.6 is 0 Å². The van der Waals surface area contributed by atoms with Crippen LogP contribution in [0.4, 0.5) is 11.4 Å². The molecule has 0 unspecified atom stereocenters. The topological polar surface area (TPSA) is 58.9 Å². The van der Waals surface area contributed by atoms with E-state index in [0.29, 0.717) is 11.6 Å². The fourth-order valence-electron chi connectivity index (χ4n) is 2.03. The van der Waals surface area contributed by atoms with Crippen LogP contribution in [-0.4, -0.2) is 12.2 Å². The van der Waals surface area contributed by atoms with Gasteiger partial charge in [-0.25, -0.2) is 9.59 Å². The van der Waals surface area contributed by atoms with Gasteiger partial charge in [-0.05, 0) is 48.6 Å². The molecule has 0 heterocycles. The third-order valence-electron chi connectivity index (χ3n) is 3.47. The van der Waals surface area contributed by atoms with Crippen molar-refractivity contribution >= 4 is 23.5 Å². The molecule has 0 aliphatic rings. The summed E-state index contributed by atoms with van der Waals surface area (Å²) in [5.41, 5.74) is 4.70. The van der Waals surface area contributed by atoms with E-state index in [0.717, 1.165) is 22.4 Å². The van der Waals surface area contributed by atoms with Gasteiger partial charge in [-0.1, -0.05) is 44.2 Å². The summed E-state index contributed by atoms with van der Waals surface area (Å²) in [7, 11) is 0. The molecule has 0 aliphatic heterocycles. The second kappa shape index (κ2) is 9.26. The summed E-state index contributed by atoms with van der Waals surface area (Å²) in [6.07, 6.45) is 3.08. The Morgan fingerprint density at radius 2 is 1.39 bits per heavy atom. The Kier molecular flexibility index (Phi) is 7.35. The summed E-state index contributed by atoms with van der Waals surface area (Å²) in [5.74, 6) is 0.387. The van der Waals surface area contributed by atoms with Gasteiger partial charge in [-0.3, -0.25) is 0 Å². The molecular weight excluding hydrogens is 288 g/mol. The van der Waals surface area contributed by atoms with E-state index in [1.165, 1.54) is 6.08 Å². The van der Waals surface area contributed by atoms with Crippen LogP contribution in [0.5, 0.6) is 0 Å². The van der Waals surface area contributed by atoms with Crippen molar-refractivity contribution < 1.29 is 9.59 Å². The van der Waals surface area contributed by atoms with E-state index in [1.807, 2.05) is 50.2 Å². The molecule has 0 amide bonds. The van der Waals surface area contributed by atoms with E-state index in [1.54, 1.807) is 12.1 Å². The lowest BCUT2D eigenvalue weighted by Crippen LogP contribution is -1.86. The number of benzene rings is 2. The second-order valence-electron chi connectivity index (χ2n) is 5.34. The third kappa shape index (κ3) is 5.48. The molecular formula is C19H20N2O2. The Morgan fingerprint density at radius 3 is 2.00 bits per heavy atom. The predicted molar refractivity (Wildman–Crippen MR) is 92.0 cm³/mol. The highest BCUT2D eigenvalue weighted by Gasteiger charge is 2.03. The van der Waals surface area contributed by atoms with Crippen molar-refractivity contribution in [1.29, 1.82) is 0 Å². The Labute approximate surface area is 136 Å². The van der Waals surface area contributed by atoms with Crippen LogP contribution in [0, 0.1) is 13.8 Å². The number of aryl methyl sites for hydroxylation is 1. The zero-order valence-electron chi connectivity index (χ0n) is 13.8. The van der Waals surface area contributed by atoms with E-state index >= 15 is 0 Å². The van der Waals surface area contributed by atoms with Crippen molar-refractivity contribution in [1.82, 2.24) is 0 Å². The standard InChI is InChI=1S/C10H11NO.C9H9NO/c1-8(2)9-5-3-4-6-10(9)11-7-12;1-7-4-3-5-9(8(7)2)10-6-11/h3-6,8H,1-2H3;3-5H,1-2H3. The average Bonchev–Trinajstić information content (AvgIpc) is 2.53. The smallest absolute Gasteiger partial charge is 0.211 e. The second-order valence-corrected chi connectivity index (χ2v) is 5.34. The third-order valence-corrected chi connectivity index (χ3v) is 3.47. The summed E-state index contributed by atoms with van der Waals surface area (Å²) >= 11 is 0. The normalized spacial score (nSPS) is 9.26. The van der Waals surface area contributed by atoms with Gasteiger partial charge in [0, 0.05) is 0 Å². The molecule has 0 aliphatic carbocycles. The number of nitrogens with zero attached hydrogens (tertiary/aromatic N) is 2. The first-order valence-corrected chi connectivity index (χ1v) is 7.32. The van der Waals surface area contributed by atoms with Crippen molar-refractivity contribution in [3.63, 3.8) is 0 Å². The molecule has 0 N–H and O–H groups in total. The van der Waals surface area contributed by atoms with Crippen LogP contribution in [-0.2, 0) is 9.59 Å². The molecule has 118 valence electrons. The Balaban J connectivity index is 0.000000231. The maximum atomic E-state index is 10.1. The van der Waals surface area contributed by atoms with Gasteiger partial charge < -0.3 is 0 Å². The minimum absolute atomic E-state index is 0.387. The molecule has 2 aromatic carbocycles. The number of hydrogen-bond donors (Lipinski definition) is 0. The first-order valence-electron chi connectivity index (χ1n) is 7.32. The van der Waals surface area contributed by atoms with E-state index in [-0.39, 0.29) is 0 Å². The molecule has 0 saturated heterocycles. The van der Waals surface area contributed by atoms with Crippen LogP contribution < -0.4 is 0 Å². The fraction of sp³-hybridized carbons (Fsp3) is 0.263. The highest BCUT2D eigenvalue weighted by atomic mass is 16.1. The molecule has 0 bridgehead atoms. The van der Waals surface area contributed by atoms with E-state index < -0.39 is 0 Å². The highest BCUT2D eigenvalue weighted by Crippen LogP contribution is 2.25. The molecule has 4 heteroatoms.